The van der Waals surface area contributed by atoms with E-state index in [9.17, 15) is 9.59 Å². The molecule has 1 aromatic carbocycles. The number of ether oxygens (including phenoxy) is 2. The van der Waals surface area contributed by atoms with Crippen molar-refractivity contribution in [1.82, 2.24) is 19.6 Å². The third-order valence-corrected chi connectivity index (χ3v) is 6.33. The molecule has 0 unspecified atom stereocenters. The summed E-state index contributed by atoms with van der Waals surface area (Å²) in [6.45, 7) is 7.57. The molecular weight excluding hydrogens is 410 g/mol. The zero-order chi connectivity index (χ0) is 22.1. The van der Waals surface area contributed by atoms with Crippen molar-refractivity contribution in [1.29, 1.82) is 0 Å². The zero-order valence-electron chi connectivity index (χ0n) is 18.5. The molecule has 3 aliphatic heterocycles. The van der Waals surface area contributed by atoms with E-state index in [2.05, 4.69) is 16.1 Å². The van der Waals surface area contributed by atoms with E-state index in [1.165, 1.54) is 5.56 Å². The summed E-state index contributed by atoms with van der Waals surface area (Å²) in [5.74, 6) is 2.50. The number of anilines is 1. The highest BCUT2D eigenvalue weighted by Crippen LogP contribution is 2.33. The summed E-state index contributed by atoms with van der Waals surface area (Å²) in [6.07, 6.45) is 1.38. The highest BCUT2D eigenvalue weighted by molar-refractivity contribution is 5.95. The van der Waals surface area contributed by atoms with Crippen LogP contribution in [0, 0.1) is 6.92 Å². The maximum absolute atomic E-state index is 12.8. The lowest BCUT2D eigenvalue weighted by Crippen LogP contribution is -2.48. The molecule has 5 rings (SSSR count). The van der Waals surface area contributed by atoms with Gasteiger partial charge in [-0.2, -0.15) is 5.10 Å². The number of aryl methyl sites for hydroxylation is 2. The Balaban J connectivity index is 1.09. The van der Waals surface area contributed by atoms with Gasteiger partial charge in [-0.15, -0.1) is 0 Å². The van der Waals surface area contributed by atoms with Crippen LogP contribution in [0.3, 0.4) is 0 Å². The number of aromatic nitrogens is 2. The van der Waals surface area contributed by atoms with Gasteiger partial charge in [-0.1, -0.05) is 6.07 Å². The van der Waals surface area contributed by atoms with E-state index in [0.29, 0.717) is 19.6 Å². The molecule has 2 amide bonds. The van der Waals surface area contributed by atoms with Crippen LogP contribution in [0.15, 0.2) is 24.3 Å². The van der Waals surface area contributed by atoms with E-state index in [1.54, 1.807) is 4.90 Å². The van der Waals surface area contributed by atoms with Crippen molar-refractivity contribution in [2.45, 2.75) is 39.3 Å². The van der Waals surface area contributed by atoms with E-state index in [1.807, 2.05) is 34.7 Å². The molecule has 4 heterocycles. The predicted molar refractivity (Wildman–Crippen MR) is 118 cm³/mol. The lowest BCUT2D eigenvalue weighted by atomic mass is 10.1. The number of hydrogen-bond acceptors (Lipinski definition) is 6. The van der Waals surface area contributed by atoms with Crippen molar-refractivity contribution >= 4 is 17.6 Å². The monoisotopic (exact) mass is 439 g/mol. The largest absolute Gasteiger partial charge is 0.454 e. The Kier molecular flexibility index (Phi) is 5.73. The predicted octanol–water partition coefficient (Wildman–Crippen LogP) is 1.78. The second-order valence-electron chi connectivity index (χ2n) is 8.61. The van der Waals surface area contributed by atoms with Crippen LogP contribution < -0.4 is 14.4 Å². The fourth-order valence-electron chi connectivity index (χ4n) is 4.62. The Morgan fingerprint density at radius 1 is 0.938 bits per heavy atom. The van der Waals surface area contributed by atoms with Gasteiger partial charge in [0.1, 0.15) is 5.82 Å². The van der Waals surface area contributed by atoms with Crippen molar-refractivity contribution in [3.8, 4) is 11.5 Å². The quantitative estimate of drug-likeness (QED) is 0.707. The summed E-state index contributed by atoms with van der Waals surface area (Å²) < 4.78 is 12.7. The average molecular weight is 440 g/mol. The van der Waals surface area contributed by atoms with Crippen molar-refractivity contribution in [2.24, 2.45) is 0 Å². The van der Waals surface area contributed by atoms with Crippen LogP contribution in [0.5, 0.6) is 11.5 Å². The van der Waals surface area contributed by atoms with E-state index < -0.39 is 0 Å². The molecule has 0 spiro atoms. The van der Waals surface area contributed by atoms with Gasteiger partial charge < -0.3 is 14.4 Å². The number of benzene rings is 1. The minimum Gasteiger partial charge on any atom is -0.454 e. The van der Waals surface area contributed by atoms with Gasteiger partial charge >= 0.3 is 0 Å². The summed E-state index contributed by atoms with van der Waals surface area (Å²) in [4.78, 5) is 31.5. The molecule has 9 heteroatoms. The number of fused-ring (bicyclic) bond motifs is 2. The Morgan fingerprint density at radius 3 is 2.56 bits per heavy atom. The van der Waals surface area contributed by atoms with E-state index >= 15 is 0 Å². The first-order valence-corrected chi connectivity index (χ1v) is 11.3. The first kappa shape index (κ1) is 20.8. The Bertz CT molecular complexity index is 1010. The maximum Gasteiger partial charge on any atom is 0.231 e. The molecule has 32 heavy (non-hydrogen) atoms. The Hall–Kier alpha value is -3.07. The van der Waals surface area contributed by atoms with E-state index in [-0.39, 0.29) is 31.4 Å². The van der Waals surface area contributed by atoms with Gasteiger partial charge in [0.25, 0.3) is 0 Å². The highest BCUT2D eigenvalue weighted by atomic mass is 16.7. The van der Waals surface area contributed by atoms with Gasteiger partial charge in [0.2, 0.25) is 18.6 Å². The summed E-state index contributed by atoms with van der Waals surface area (Å²) in [6, 6.07) is 7.98. The summed E-state index contributed by atoms with van der Waals surface area (Å²) >= 11 is 0. The second-order valence-corrected chi connectivity index (χ2v) is 8.61. The van der Waals surface area contributed by atoms with E-state index in [0.717, 1.165) is 55.6 Å². The first-order valence-electron chi connectivity index (χ1n) is 11.3. The molecule has 0 bridgehead atoms. The molecule has 0 aliphatic carbocycles. The van der Waals surface area contributed by atoms with Crippen LogP contribution in [0.2, 0.25) is 0 Å². The topological polar surface area (TPSA) is 80.1 Å². The summed E-state index contributed by atoms with van der Waals surface area (Å²) in [5, 5.41) is 4.44. The molecule has 2 aromatic rings. The molecule has 0 saturated carbocycles. The molecule has 0 atom stereocenters. The molecular formula is C23H29N5O4. The summed E-state index contributed by atoms with van der Waals surface area (Å²) in [7, 11) is 0. The minimum absolute atomic E-state index is 0.000596. The number of carbonyl (C=O) groups excluding carboxylic acids is 2. The molecule has 1 fully saturated rings. The van der Waals surface area contributed by atoms with Gasteiger partial charge in [-0.3, -0.25) is 19.4 Å². The van der Waals surface area contributed by atoms with Crippen molar-refractivity contribution in [3.05, 3.63) is 35.5 Å². The summed E-state index contributed by atoms with van der Waals surface area (Å²) in [5.41, 5.74) is 2.09. The number of piperazine rings is 1. The highest BCUT2D eigenvalue weighted by Gasteiger charge is 2.26. The Labute approximate surface area is 187 Å². The van der Waals surface area contributed by atoms with Gasteiger partial charge in [-0.05, 0) is 31.0 Å². The smallest absolute Gasteiger partial charge is 0.231 e. The number of carbonyl (C=O) groups is 2. The molecule has 9 nitrogen and oxygen atoms in total. The van der Waals surface area contributed by atoms with Crippen molar-refractivity contribution < 1.29 is 19.1 Å². The van der Waals surface area contributed by atoms with Crippen LogP contribution in [0.4, 0.5) is 5.82 Å². The fourth-order valence-corrected chi connectivity index (χ4v) is 4.62. The lowest BCUT2D eigenvalue weighted by Gasteiger charge is -2.35. The van der Waals surface area contributed by atoms with Crippen LogP contribution >= 0.6 is 0 Å². The molecule has 0 radical (unpaired) electrons. The number of rotatable bonds is 5. The van der Waals surface area contributed by atoms with Gasteiger partial charge in [0.05, 0.1) is 5.69 Å². The number of nitrogens with zero attached hydrogens (tertiary/aromatic N) is 5. The number of hydrogen-bond donors (Lipinski definition) is 0. The van der Waals surface area contributed by atoms with Crippen LogP contribution in [0.1, 0.15) is 30.5 Å². The third kappa shape index (κ3) is 4.29. The minimum atomic E-state index is 0.000596. The van der Waals surface area contributed by atoms with Gasteiger partial charge in [0.15, 0.2) is 11.5 Å². The Morgan fingerprint density at radius 2 is 1.72 bits per heavy atom. The molecule has 1 aromatic heterocycles. The molecule has 1 saturated heterocycles. The first-order chi connectivity index (χ1) is 15.6. The second kappa shape index (κ2) is 8.82. The fraction of sp³-hybridized carbons (Fsp3) is 0.522. The van der Waals surface area contributed by atoms with Gasteiger partial charge in [0, 0.05) is 64.7 Å². The average Bonchev–Trinajstić information content (AvgIpc) is 3.42. The molecule has 170 valence electrons. The lowest BCUT2D eigenvalue weighted by molar-refractivity contribution is -0.134. The third-order valence-electron chi connectivity index (χ3n) is 6.33. The van der Waals surface area contributed by atoms with Crippen LogP contribution in [0.25, 0.3) is 0 Å². The molecule has 3 aliphatic rings. The zero-order valence-corrected chi connectivity index (χ0v) is 18.5. The SMILES string of the molecule is Cc1cc2n(n1)CCCN2C(=O)CCC(=O)N1CCN(Cc2ccc3c(c2)OCO3)CC1. The van der Waals surface area contributed by atoms with Crippen molar-refractivity contribution in [3.63, 3.8) is 0 Å². The molecule has 0 N–H and O–H groups in total. The number of amides is 2. The van der Waals surface area contributed by atoms with Crippen LogP contribution in [-0.4, -0.2) is 70.9 Å². The van der Waals surface area contributed by atoms with E-state index in [4.69, 9.17) is 9.47 Å². The maximum atomic E-state index is 12.8. The standard InChI is InChI=1S/C23H29N5O4/c1-17-13-21-27(7-2-8-28(21)24-17)23(30)6-5-22(29)26-11-9-25(10-12-26)15-18-3-4-19-20(14-18)32-16-31-19/h3-4,13-14H,2,5-12,15-16H2,1H3. The normalized spacial score (nSPS) is 18.0. The van der Waals surface area contributed by atoms with Crippen LogP contribution in [-0.2, 0) is 22.7 Å². The van der Waals surface area contributed by atoms with Gasteiger partial charge in [-0.25, -0.2) is 4.68 Å². The van der Waals surface area contributed by atoms with Crippen molar-refractivity contribution in [2.75, 3.05) is 44.4 Å².